The molecule has 1 saturated carbocycles. The van der Waals surface area contributed by atoms with Crippen molar-refractivity contribution in [3.8, 4) is 0 Å². The second kappa shape index (κ2) is 10.5. The number of aromatic nitrogens is 2. The van der Waals surface area contributed by atoms with E-state index in [1.165, 1.54) is 25.7 Å². The monoisotopic (exact) mass is 412 g/mol. The van der Waals surface area contributed by atoms with Gasteiger partial charge in [-0.25, -0.2) is 4.98 Å². The van der Waals surface area contributed by atoms with Crippen molar-refractivity contribution in [2.45, 2.75) is 32.1 Å². The molecule has 5 heteroatoms. The molecule has 1 aliphatic carbocycles. The van der Waals surface area contributed by atoms with E-state index in [4.69, 9.17) is 0 Å². The van der Waals surface area contributed by atoms with Gasteiger partial charge in [-0.05, 0) is 60.4 Å². The zero-order valence-corrected chi connectivity index (χ0v) is 17.6. The summed E-state index contributed by atoms with van der Waals surface area (Å²) < 4.78 is 0. The molecule has 0 unspecified atom stereocenters. The fourth-order valence-corrected chi connectivity index (χ4v) is 3.89. The van der Waals surface area contributed by atoms with Crippen LogP contribution in [0.3, 0.4) is 0 Å². The lowest BCUT2D eigenvalue weighted by Crippen LogP contribution is -2.26. The van der Waals surface area contributed by atoms with Crippen LogP contribution in [-0.4, -0.2) is 22.4 Å². The minimum Gasteiger partial charge on any atom is -0.351 e. The van der Waals surface area contributed by atoms with Crippen LogP contribution in [0.5, 0.6) is 0 Å². The second-order valence-electron chi connectivity index (χ2n) is 7.94. The van der Waals surface area contributed by atoms with Gasteiger partial charge in [-0.1, -0.05) is 56.0 Å². The normalized spacial score (nSPS) is 14.1. The minimum absolute atomic E-state index is 0.114. The standard InChI is InChI=1S/C26H28N4O/c31-26(28-19-17-20-6-1-2-7-20)24-9-5-10-25(30-24)29-23-15-12-21(13-16-23)11-14-22-8-3-4-18-27-22/h3-5,8-16,18,20H,1-2,6-7,17,19H2,(H,28,31)(H,29,30)/b14-11+. The summed E-state index contributed by atoms with van der Waals surface area (Å²) in [6.45, 7) is 0.719. The van der Waals surface area contributed by atoms with Gasteiger partial charge >= 0.3 is 0 Å². The molecule has 2 heterocycles. The van der Waals surface area contributed by atoms with E-state index in [1.807, 2.05) is 66.7 Å². The van der Waals surface area contributed by atoms with Gasteiger partial charge in [0.1, 0.15) is 11.5 Å². The Morgan fingerprint density at radius 2 is 1.81 bits per heavy atom. The van der Waals surface area contributed by atoms with Crippen molar-refractivity contribution < 1.29 is 4.79 Å². The molecule has 1 amide bonds. The highest BCUT2D eigenvalue weighted by atomic mass is 16.1. The van der Waals surface area contributed by atoms with E-state index in [0.29, 0.717) is 11.5 Å². The predicted molar refractivity (Wildman–Crippen MR) is 126 cm³/mol. The van der Waals surface area contributed by atoms with E-state index in [2.05, 4.69) is 20.6 Å². The summed E-state index contributed by atoms with van der Waals surface area (Å²) in [7, 11) is 0. The smallest absolute Gasteiger partial charge is 0.269 e. The Bertz CT molecular complexity index is 1010. The quantitative estimate of drug-likeness (QED) is 0.498. The number of nitrogens with zero attached hydrogens (tertiary/aromatic N) is 2. The van der Waals surface area contributed by atoms with Crippen molar-refractivity contribution in [2.75, 3.05) is 11.9 Å². The Hall–Kier alpha value is -3.47. The number of nitrogens with one attached hydrogen (secondary N) is 2. The third kappa shape index (κ3) is 6.25. The van der Waals surface area contributed by atoms with Gasteiger partial charge in [0.05, 0.1) is 5.69 Å². The summed E-state index contributed by atoms with van der Waals surface area (Å²) in [4.78, 5) is 21.2. The van der Waals surface area contributed by atoms with Gasteiger partial charge < -0.3 is 10.6 Å². The number of hydrogen-bond donors (Lipinski definition) is 2. The van der Waals surface area contributed by atoms with Crippen molar-refractivity contribution in [3.05, 3.63) is 83.8 Å². The van der Waals surface area contributed by atoms with Gasteiger partial charge in [0.15, 0.2) is 0 Å². The predicted octanol–water partition coefficient (Wildman–Crippen LogP) is 5.70. The second-order valence-corrected chi connectivity index (χ2v) is 7.94. The van der Waals surface area contributed by atoms with Crippen molar-refractivity contribution in [1.82, 2.24) is 15.3 Å². The molecular formula is C26H28N4O. The average molecular weight is 413 g/mol. The molecule has 0 aliphatic heterocycles. The lowest BCUT2D eigenvalue weighted by atomic mass is 10.0. The molecule has 1 fully saturated rings. The summed E-state index contributed by atoms with van der Waals surface area (Å²) in [5.41, 5.74) is 3.36. The topological polar surface area (TPSA) is 66.9 Å². The molecule has 0 bridgehead atoms. The first-order chi connectivity index (χ1) is 15.3. The zero-order chi connectivity index (χ0) is 21.3. The van der Waals surface area contributed by atoms with E-state index in [-0.39, 0.29) is 5.91 Å². The number of benzene rings is 1. The number of amides is 1. The molecule has 0 spiro atoms. The molecule has 31 heavy (non-hydrogen) atoms. The highest BCUT2D eigenvalue weighted by molar-refractivity contribution is 5.92. The van der Waals surface area contributed by atoms with Gasteiger partial charge in [-0.15, -0.1) is 0 Å². The Morgan fingerprint density at radius 1 is 0.968 bits per heavy atom. The Morgan fingerprint density at radius 3 is 2.58 bits per heavy atom. The Balaban J connectivity index is 1.31. The third-order valence-electron chi connectivity index (χ3n) is 5.61. The summed E-state index contributed by atoms with van der Waals surface area (Å²) in [6, 6.07) is 19.4. The van der Waals surface area contributed by atoms with E-state index >= 15 is 0 Å². The number of pyridine rings is 2. The molecule has 0 radical (unpaired) electrons. The molecule has 1 aliphatic rings. The number of carbonyl (C=O) groups is 1. The van der Waals surface area contributed by atoms with Crippen LogP contribution in [-0.2, 0) is 0 Å². The largest absolute Gasteiger partial charge is 0.351 e. The molecule has 2 aromatic heterocycles. The Kier molecular flexibility index (Phi) is 7.06. The first kappa shape index (κ1) is 20.8. The molecule has 5 nitrogen and oxygen atoms in total. The molecule has 158 valence electrons. The lowest BCUT2D eigenvalue weighted by molar-refractivity contribution is 0.0946. The van der Waals surface area contributed by atoms with E-state index in [9.17, 15) is 4.79 Å². The van der Waals surface area contributed by atoms with Gasteiger partial charge in [-0.3, -0.25) is 9.78 Å². The van der Waals surface area contributed by atoms with Gasteiger partial charge in [0.2, 0.25) is 0 Å². The molecular weight excluding hydrogens is 384 g/mol. The van der Waals surface area contributed by atoms with Crippen LogP contribution in [0.25, 0.3) is 12.2 Å². The van der Waals surface area contributed by atoms with Crippen LogP contribution < -0.4 is 10.6 Å². The van der Waals surface area contributed by atoms with Gasteiger partial charge in [0, 0.05) is 18.4 Å². The van der Waals surface area contributed by atoms with E-state index in [0.717, 1.165) is 35.8 Å². The SMILES string of the molecule is O=C(NCCC1CCCC1)c1cccc(Nc2ccc(/C=C/c3ccccn3)cc2)n1. The maximum absolute atomic E-state index is 12.4. The molecule has 3 aromatic rings. The molecule has 2 N–H and O–H groups in total. The zero-order valence-electron chi connectivity index (χ0n) is 17.6. The van der Waals surface area contributed by atoms with Crippen molar-refractivity contribution in [2.24, 2.45) is 5.92 Å². The minimum atomic E-state index is -0.114. The average Bonchev–Trinajstić information content (AvgIpc) is 3.33. The van der Waals surface area contributed by atoms with Gasteiger partial charge in [-0.2, -0.15) is 0 Å². The Labute approximate surface area is 183 Å². The number of hydrogen-bond acceptors (Lipinski definition) is 4. The van der Waals surface area contributed by atoms with Crippen molar-refractivity contribution in [3.63, 3.8) is 0 Å². The van der Waals surface area contributed by atoms with Crippen LogP contribution in [0.1, 0.15) is 53.8 Å². The molecule has 0 saturated heterocycles. The number of anilines is 2. The maximum Gasteiger partial charge on any atom is 0.269 e. The van der Waals surface area contributed by atoms with Crippen LogP contribution in [0.4, 0.5) is 11.5 Å². The fraction of sp³-hybridized carbons (Fsp3) is 0.269. The maximum atomic E-state index is 12.4. The summed E-state index contributed by atoms with van der Waals surface area (Å²) in [6.07, 6.45) is 12.1. The van der Waals surface area contributed by atoms with Gasteiger partial charge in [0.25, 0.3) is 5.91 Å². The number of rotatable bonds is 8. The summed E-state index contributed by atoms with van der Waals surface area (Å²) in [5.74, 6) is 1.31. The van der Waals surface area contributed by atoms with Crippen LogP contribution >= 0.6 is 0 Å². The molecule has 0 atom stereocenters. The first-order valence-corrected chi connectivity index (χ1v) is 11.0. The van der Waals surface area contributed by atoms with Crippen molar-refractivity contribution in [1.29, 1.82) is 0 Å². The van der Waals surface area contributed by atoms with Crippen molar-refractivity contribution >= 4 is 29.6 Å². The summed E-state index contributed by atoms with van der Waals surface area (Å²) in [5, 5.41) is 6.28. The van der Waals surface area contributed by atoms with Crippen LogP contribution in [0.2, 0.25) is 0 Å². The molecule has 4 rings (SSSR count). The third-order valence-corrected chi connectivity index (χ3v) is 5.61. The summed E-state index contributed by atoms with van der Waals surface area (Å²) >= 11 is 0. The van der Waals surface area contributed by atoms with E-state index < -0.39 is 0 Å². The highest BCUT2D eigenvalue weighted by Gasteiger charge is 2.15. The molecule has 1 aromatic carbocycles. The van der Waals surface area contributed by atoms with Crippen LogP contribution in [0, 0.1) is 5.92 Å². The number of carbonyl (C=O) groups excluding carboxylic acids is 1. The lowest BCUT2D eigenvalue weighted by Gasteiger charge is -2.11. The van der Waals surface area contributed by atoms with E-state index in [1.54, 1.807) is 12.3 Å². The highest BCUT2D eigenvalue weighted by Crippen LogP contribution is 2.27. The van der Waals surface area contributed by atoms with Crippen LogP contribution in [0.15, 0.2) is 66.9 Å². The fourth-order valence-electron chi connectivity index (χ4n) is 3.89. The first-order valence-electron chi connectivity index (χ1n) is 11.0.